The molecule has 0 bridgehead atoms. The van der Waals surface area contributed by atoms with Gasteiger partial charge in [0.05, 0.1) is 6.10 Å². The van der Waals surface area contributed by atoms with E-state index in [1.165, 1.54) is 0 Å². The summed E-state index contributed by atoms with van der Waals surface area (Å²) in [6.07, 6.45) is 1.40. The van der Waals surface area contributed by atoms with E-state index in [1.807, 2.05) is 24.3 Å². The third kappa shape index (κ3) is 4.12. The number of rotatable bonds is 6. The average molecular weight is 242 g/mol. The normalized spacial score (nSPS) is 13.1. The van der Waals surface area contributed by atoms with Crippen molar-refractivity contribution >= 4 is 11.6 Å². The van der Waals surface area contributed by atoms with Gasteiger partial charge in [0, 0.05) is 11.6 Å². The van der Waals surface area contributed by atoms with E-state index < -0.39 is 6.10 Å². The molecule has 2 nitrogen and oxygen atoms in total. The summed E-state index contributed by atoms with van der Waals surface area (Å²) in [6, 6.07) is 7.48. The molecule has 1 rings (SSSR count). The van der Waals surface area contributed by atoms with E-state index in [0.717, 1.165) is 31.5 Å². The second-order valence-corrected chi connectivity index (χ2v) is 4.54. The second-order valence-electron chi connectivity index (χ2n) is 4.13. The van der Waals surface area contributed by atoms with E-state index >= 15 is 0 Å². The van der Waals surface area contributed by atoms with Crippen molar-refractivity contribution in [2.45, 2.75) is 25.9 Å². The van der Waals surface area contributed by atoms with Crippen LogP contribution in [0.2, 0.25) is 5.02 Å². The zero-order valence-corrected chi connectivity index (χ0v) is 10.7. The van der Waals surface area contributed by atoms with Crippen LogP contribution in [0, 0.1) is 0 Å². The minimum absolute atomic E-state index is 0.465. The quantitative estimate of drug-likeness (QED) is 0.827. The van der Waals surface area contributed by atoms with Crippen LogP contribution >= 0.6 is 11.6 Å². The van der Waals surface area contributed by atoms with Crippen LogP contribution in [-0.2, 0) is 0 Å². The summed E-state index contributed by atoms with van der Waals surface area (Å²) in [5.41, 5.74) is 0.828. The summed E-state index contributed by atoms with van der Waals surface area (Å²) in [5.74, 6) is 0. The van der Waals surface area contributed by atoms with E-state index in [2.05, 4.69) is 18.9 Å². The number of aliphatic hydroxyl groups excluding tert-OH is 1. The van der Waals surface area contributed by atoms with Crippen molar-refractivity contribution in [3.8, 4) is 0 Å². The van der Waals surface area contributed by atoms with Gasteiger partial charge in [-0.15, -0.1) is 0 Å². The highest BCUT2D eigenvalue weighted by atomic mass is 35.5. The second kappa shape index (κ2) is 6.89. The first-order valence-corrected chi connectivity index (χ1v) is 6.14. The first kappa shape index (κ1) is 13.5. The highest BCUT2D eigenvalue weighted by Gasteiger charge is 2.11. The molecule has 0 aliphatic heterocycles. The summed E-state index contributed by atoms with van der Waals surface area (Å²) in [4.78, 5) is 2.22. The molecule has 0 aliphatic rings. The molecule has 1 N–H and O–H groups in total. The van der Waals surface area contributed by atoms with Crippen LogP contribution in [-0.4, -0.2) is 30.1 Å². The number of aliphatic hydroxyl groups is 1. The van der Waals surface area contributed by atoms with Gasteiger partial charge in [-0.2, -0.15) is 0 Å². The van der Waals surface area contributed by atoms with Crippen molar-refractivity contribution in [3.63, 3.8) is 0 Å². The first-order valence-electron chi connectivity index (χ1n) is 5.76. The molecule has 1 atom stereocenters. The molecule has 1 aromatic carbocycles. The first-order chi connectivity index (χ1) is 7.65. The molecular weight excluding hydrogens is 222 g/mol. The summed E-state index contributed by atoms with van der Waals surface area (Å²) in [7, 11) is 2.07. The Bertz CT molecular complexity index is 317. The lowest BCUT2D eigenvalue weighted by Gasteiger charge is -2.18. The fraction of sp³-hybridized carbons (Fsp3) is 0.538. The number of hydrogen-bond donors (Lipinski definition) is 1. The maximum atomic E-state index is 10.0. The molecule has 3 heteroatoms. The minimum atomic E-state index is -0.465. The Morgan fingerprint density at radius 3 is 2.62 bits per heavy atom. The monoisotopic (exact) mass is 241 g/mol. The minimum Gasteiger partial charge on any atom is -0.388 e. The molecule has 1 aromatic rings. The fourth-order valence-corrected chi connectivity index (χ4v) is 2.00. The van der Waals surface area contributed by atoms with E-state index in [-0.39, 0.29) is 0 Å². The Hall–Kier alpha value is -0.570. The van der Waals surface area contributed by atoms with Crippen molar-refractivity contribution in [1.29, 1.82) is 0 Å². The lowest BCUT2D eigenvalue weighted by molar-refractivity contribution is 0.149. The van der Waals surface area contributed by atoms with Crippen molar-refractivity contribution in [2.24, 2.45) is 0 Å². The number of nitrogens with zero attached hydrogens (tertiary/aromatic N) is 1. The molecule has 0 saturated heterocycles. The zero-order valence-electron chi connectivity index (χ0n) is 9.99. The molecule has 0 aromatic heterocycles. The lowest BCUT2D eigenvalue weighted by Crippen LogP contribution is -2.22. The Labute approximate surface area is 103 Å². The predicted octanol–water partition coefficient (Wildman–Crippen LogP) is 3.11. The van der Waals surface area contributed by atoms with Crippen LogP contribution in [0.3, 0.4) is 0 Å². The van der Waals surface area contributed by atoms with E-state index in [1.54, 1.807) is 0 Å². The number of halogens is 1. The van der Waals surface area contributed by atoms with Gasteiger partial charge >= 0.3 is 0 Å². The summed E-state index contributed by atoms with van der Waals surface area (Å²) >= 11 is 6.02. The SMILES string of the molecule is CCCN(C)CCC(O)c1ccccc1Cl. The molecule has 0 heterocycles. The van der Waals surface area contributed by atoms with Gasteiger partial charge in [0.25, 0.3) is 0 Å². The van der Waals surface area contributed by atoms with Crippen LogP contribution in [0.4, 0.5) is 0 Å². The number of benzene rings is 1. The molecule has 0 radical (unpaired) electrons. The summed E-state index contributed by atoms with van der Waals surface area (Å²) in [5, 5.41) is 10.7. The van der Waals surface area contributed by atoms with Gasteiger partial charge in [0.1, 0.15) is 0 Å². The molecule has 0 amide bonds. The van der Waals surface area contributed by atoms with Gasteiger partial charge in [-0.3, -0.25) is 0 Å². The predicted molar refractivity (Wildman–Crippen MR) is 68.8 cm³/mol. The third-order valence-corrected chi connectivity index (χ3v) is 3.00. The van der Waals surface area contributed by atoms with Crippen LogP contribution in [0.25, 0.3) is 0 Å². The molecule has 90 valence electrons. The van der Waals surface area contributed by atoms with Crippen LogP contribution in [0.1, 0.15) is 31.4 Å². The Balaban J connectivity index is 2.46. The fourth-order valence-electron chi connectivity index (χ4n) is 1.74. The summed E-state index contributed by atoms with van der Waals surface area (Å²) in [6.45, 7) is 4.11. The highest BCUT2D eigenvalue weighted by molar-refractivity contribution is 6.31. The van der Waals surface area contributed by atoms with Gasteiger partial charge in [-0.25, -0.2) is 0 Å². The van der Waals surface area contributed by atoms with Gasteiger partial charge in [-0.05, 0) is 38.1 Å². The van der Waals surface area contributed by atoms with E-state index in [4.69, 9.17) is 11.6 Å². The van der Waals surface area contributed by atoms with Gasteiger partial charge < -0.3 is 10.0 Å². The highest BCUT2D eigenvalue weighted by Crippen LogP contribution is 2.24. The van der Waals surface area contributed by atoms with Gasteiger partial charge in [0.15, 0.2) is 0 Å². The van der Waals surface area contributed by atoms with Crippen LogP contribution in [0.5, 0.6) is 0 Å². The standard InChI is InChI=1S/C13H20ClNO/c1-3-9-15(2)10-8-13(16)11-6-4-5-7-12(11)14/h4-7,13,16H,3,8-10H2,1-2H3. The molecule has 16 heavy (non-hydrogen) atoms. The molecular formula is C13H20ClNO. The van der Waals surface area contributed by atoms with E-state index in [0.29, 0.717) is 5.02 Å². The van der Waals surface area contributed by atoms with Gasteiger partial charge in [-0.1, -0.05) is 36.7 Å². The number of hydrogen-bond acceptors (Lipinski definition) is 2. The van der Waals surface area contributed by atoms with Crippen molar-refractivity contribution in [1.82, 2.24) is 4.90 Å². The smallest absolute Gasteiger partial charge is 0.0816 e. The zero-order chi connectivity index (χ0) is 12.0. The lowest BCUT2D eigenvalue weighted by atomic mass is 10.1. The Morgan fingerprint density at radius 1 is 1.31 bits per heavy atom. The third-order valence-electron chi connectivity index (χ3n) is 2.65. The Kier molecular flexibility index (Phi) is 5.81. The average Bonchev–Trinajstić information content (AvgIpc) is 2.27. The van der Waals surface area contributed by atoms with Crippen LogP contribution < -0.4 is 0 Å². The molecule has 0 saturated carbocycles. The van der Waals surface area contributed by atoms with Crippen molar-refractivity contribution < 1.29 is 5.11 Å². The molecule has 0 spiro atoms. The molecule has 0 fully saturated rings. The topological polar surface area (TPSA) is 23.5 Å². The van der Waals surface area contributed by atoms with Crippen molar-refractivity contribution in [3.05, 3.63) is 34.9 Å². The van der Waals surface area contributed by atoms with E-state index in [9.17, 15) is 5.11 Å². The maximum Gasteiger partial charge on any atom is 0.0816 e. The van der Waals surface area contributed by atoms with Gasteiger partial charge in [0.2, 0.25) is 0 Å². The summed E-state index contributed by atoms with van der Waals surface area (Å²) < 4.78 is 0. The van der Waals surface area contributed by atoms with Crippen LogP contribution in [0.15, 0.2) is 24.3 Å². The molecule has 1 unspecified atom stereocenters. The largest absolute Gasteiger partial charge is 0.388 e. The Morgan fingerprint density at radius 2 is 2.00 bits per heavy atom. The van der Waals surface area contributed by atoms with Crippen molar-refractivity contribution in [2.75, 3.05) is 20.1 Å². The maximum absolute atomic E-state index is 10.0. The molecule has 0 aliphatic carbocycles.